The Bertz CT molecular complexity index is 884. The molecule has 1 saturated heterocycles. The van der Waals surface area contributed by atoms with Crippen molar-refractivity contribution in [1.82, 2.24) is 15.2 Å². The van der Waals surface area contributed by atoms with E-state index in [9.17, 15) is 18.0 Å². The Hall–Kier alpha value is -2.67. The van der Waals surface area contributed by atoms with Gasteiger partial charge in [0.15, 0.2) is 0 Å². The van der Waals surface area contributed by atoms with Crippen LogP contribution in [0.25, 0.3) is 6.08 Å². The summed E-state index contributed by atoms with van der Waals surface area (Å²) in [6, 6.07) is 9.15. The van der Waals surface area contributed by atoms with E-state index in [1.54, 1.807) is 30.6 Å². The molecule has 2 aliphatic rings. The van der Waals surface area contributed by atoms with E-state index in [1.165, 1.54) is 6.08 Å². The zero-order valence-corrected chi connectivity index (χ0v) is 16.5. The first-order valence-electron chi connectivity index (χ1n) is 10.1. The van der Waals surface area contributed by atoms with Gasteiger partial charge in [-0.05, 0) is 59.6 Å². The minimum Gasteiger partial charge on any atom is -0.353 e. The average molecular weight is 415 g/mol. The Labute approximate surface area is 173 Å². The van der Waals surface area contributed by atoms with Crippen LogP contribution in [-0.4, -0.2) is 35.4 Å². The molecule has 7 heteroatoms. The number of nitrogens with one attached hydrogen (secondary N) is 1. The first kappa shape index (κ1) is 20.6. The fraction of sp³-hybridized carbons (Fsp3) is 0.391. The zero-order valence-electron chi connectivity index (χ0n) is 16.5. The zero-order chi connectivity index (χ0) is 21.1. The number of nitrogens with zero attached hydrogens (tertiary/aromatic N) is 2. The summed E-state index contributed by atoms with van der Waals surface area (Å²) in [6.45, 7) is 3.30. The lowest BCUT2D eigenvalue weighted by Gasteiger charge is -2.20. The average Bonchev–Trinajstić information content (AvgIpc) is 3.17. The number of amides is 1. The summed E-state index contributed by atoms with van der Waals surface area (Å²) in [4.78, 5) is 18.2. The van der Waals surface area contributed by atoms with Crippen LogP contribution in [0.4, 0.5) is 13.2 Å². The Morgan fingerprint density at radius 1 is 1.17 bits per heavy atom. The van der Waals surface area contributed by atoms with Crippen LogP contribution < -0.4 is 5.32 Å². The van der Waals surface area contributed by atoms with Gasteiger partial charge in [-0.2, -0.15) is 13.2 Å². The fourth-order valence-corrected chi connectivity index (χ4v) is 4.42. The van der Waals surface area contributed by atoms with Gasteiger partial charge in [0.2, 0.25) is 5.91 Å². The van der Waals surface area contributed by atoms with E-state index in [0.29, 0.717) is 30.8 Å². The van der Waals surface area contributed by atoms with Crippen LogP contribution in [0.1, 0.15) is 23.1 Å². The summed E-state index contributed by atoms with van der Waals surface area (Å²) in [5.74, 6) is 1.81. The van der Waals surface area contributed by atoms with Crippen LogP contribution in [0.2, 0.25) is 0 Å². The Kier molecular flexibility index (Phi) is 5.90. The largest absolute Gasteiger partial charge is 0.416 e. The summed E-state index contributed by atoms with van der Waals surface area (Å²) in [5.41, 5.74) is 1.19. The highest BCUT2D eigenvalue weighted by Crippen LogP contribution is 2.53. The van der Waals surface area contributed by atoms with Crippen molar-refractivity contribution >= 4 is 12.0 Å². The van der Waals surface area contributed by atoms with Crippen molar-refractivity contribution in [2.75, 3.05) is 19.6 Å². The molecule has 1 amide bonds. The molecule has 4 rings (SSSR count). The number of carbonyl (C=O) groups excluding carboxylic acids is 1. The van der Waals surface area contributed by atoms with Gasteiger partial charge in [0, 0.05) is 44.6 Å². The lowest BCUT2D eigenvalue weighted by Crippen LogP contribution is -2.26. The number of benzene rings is 1. The SMILES string of the molecule is O=C(/C=C/c1cccnc1)NCCC1[C@H]2CN(Cc3ccc(C(F)(F)F)cc3)C[C@@H]12. The molecule has 1 aliphatic heterocycles. The van der Waals surface area contributed by atoms with Crippen molar-refractivity contribution in [3.63, 3.8) is 0 Å². The van der Waals surface area contributed by atoms with Crippen LogP contribution in [-0.2, 0) is 17.5 Å². The number of likely N-dealkylation sites (tertiary alicyclic amines) is 1. The van der Waals surface area contributed by atoms with Crippen molar-refractivity contribution in [1.29, 1.82) is 0 Å². The summed E-state index contributed by atoms with van der Waals surface area (Å²) in [6.07, 6.45) is 3.34. The predicted molar refractivity (Wildman–Crippen MR) is 108 cm³/mol. The molecule has 1 aromatic heterocycles. The van der Waals surface area contributed by atoms with Gasteiger partial charge in [-0.25, -0.2) is 0 Å². The molecule has 4 nitrogen and oxygen atoms in total. The Morgan fingerprint density at radius 3 is 2.53 bits per heavy atom. The second-order valence-electron chi connectivity index (χ2n) is 8.08. The van der Waals surface area contributed by atoms with Crippen LogP contribution in [0.5, 0.6) is 0 Å². The number of carbonyl (C=O) groups is 1. The van der Waals surface area contributed by atoms with Gasteiger partial charge in [-0.15, -0.1) is 0 Å². The third kappa shape index (κ3) is 5.08. The third-order valence-electron chi connectivity index (χ3n) is 6.02. The standard InChI is InChI=1S/C23H24F3N3O/c24-23(25,26)18-6-3-17(4-7-18)13-29-14-20-19(21(20)15-29)9-11-28-22(30)8-5-16-2-1-10-27-12-16/h1-8,10,12,19-21H,9,11,13-15H2,(H,28,30)/b8-5+/t19?,20-,21+. The summed E-state index contributed by atoms with van der Waals surface area (Å²) >= 11 is 0. The molecule has 0 spiro atoms. The number of rotatable bonds is 7. The van der Waals surface area contributed by atoms with Gasteiger partial charge in [0.25, 0.3) is 0 Å². The highest BCUT2D eigenvalue weighted by molar-refractivity contribution is 5.91. The quantitative estimate of drug-likeness (QED) is 0.696. The number of halogens is 3. The minimum atomic E-state index is -4.29. The van der Waals surface area contributed by atoms with E-state index in [2.05, 4.69) is 15.2 Å². The lowest BCUT2D eigenvalue weighted by molar-refractivity contribution is -0.137. The Balaban J connectivity index is 1.15. The van der Waals surface area contributed by atoms with Crippen LogP contribution in [0.15, 0.2) is 54.9 Å². The molecule has 0 bridgehead atoms. The molecule has 30 heavy (non-hydrogen) atoms. The molecule has 2 heterocycles. The van der Waals surface area contributed by atoms with Crippen molar-refractivity contribution < 1.29 is 18.0 Å². The van der Waals surface area contributed by atoms with Gasteiger partial charge >= 0.3 is 6.18 Å². The molecule has 1 unspecified atom stereocenters. The van der Waals surface area contributed by atoms with Gasteiger partial charge in [0.1, 0.15) is 0 Å². The molecular weight excluding hydrogens is 391 g/mol. The monoisotopic (exact) mass is 415 g/mol. The molecule has 2 fully saturated rings. The molecular formula is C23H24F3N3O. The highest BCUT2D eigenvalue weighted by Gasteiger charge is 2.54. The van der Waals surface area contributed by atoms with E-state index in [-0.39, 0.29) is 5.91 Å². The lowest BCUT2D eigenvalue weighted by atomic mass is 10.1. The van der Waals surface area contributed by atoms with E-state index >= 15 is 0 Å². The first-order valence-corrected chi connectivity index (χ1v) is 10.1. The minimum absolute atomic E-state index is 0.103. The maximum atomic E-state index is 12.7. The maximum Gasteiger partial charge on any atom is 0.416 e. The molecule has 1 aliphatic carbocycles. The van der Waals surface area contributed by atoms with Crippen LogP contribution in [0, 0.1) is 17.8 Å². The van der Waals surface area contributed by atoms with E-state index < -0.39 is 11.7 Å². The highest BCUT2D eigenvalue weighted by atomic mass is 19.4. The summed E-state index contributed by atoms with van der Waals surface area (Å²) < 4.78 is 38.0. The molecule has 3 atom stereocenters. The van der Waals surface area contributed by atoms with Crippen molar-refractivity contribution in [2.45, 2.75) is 19.1 Å². The van der Waals surface area contributed by atoms with Gasteiger partial charge in [-0.3, -0.25) is 14.7 Å². The van der Waals surface area contributed by atoms with Crippen molar-refractivity contribution in [3.8, 4) is 0 Å². The molecule has 1 saturated carbocycles. The number of aromatic nitrogens is 1. The smallest absolute Gasteiger partial charge is 0.353 e. The number of hydrogen-bond acceptors (Lipinski definition) is 3. The normalized spacial score (nSPS) is 23.5. The second-order valence-corrected chi connectivity index (χ2v) is 8.08. The summed E-state index contributed by atoms with van der Waals surface area (Å²) in [7, 11) is 0. The van der Waals surface area contributed by atoms with Crippen molar-refractivity contribution in [3.05, 3.63) is 71.6 Å². The fourth-order valence-electron chi connectivity index (χ4n) is 4.42. The van der Waals surface area contributed by atoms with Gasteiger partial charge in [0.05, 0.1) is 5.56 Å². The third-order valence-corrected chi connectivity index (χ3v) is 6.02. The molecule has 0 radical (unpaired) electrons. The first-order chi connectivity index (χ1) is 14.4. The van der Waals surface area contributed by atoms with Gasteiger partial charge < -0.3 is 5.32 Å². The maximum absolute atomic E-state index is 12.7. The van der Waals surface area contributed by atoms with Crippen LogP contribution in [0.3, 0.4) is 0 Å². The molecule has 1 aromatic carbocycles. The molecule has 1 N–H and O–H groups in total. The second kappa shape index (κ2) is 8.60. The van der Waals surface area contributed by atoms with Crippen molar-refractivity contribution in [2.24, 2.45) is 17.8 Å². The molecule has 2 aromatic rings. The molecule has 158 valence electrons. The van der Waals surface area contributed by atoms with E-state index in [0.717, 1.165) is 42.8 Å². The Morgan fingerprint density at radius 2 is 1.90 bits per heavy atom. The number of fused-ring (bicyclic) bond motifs is 1. The van der Waals surface area contributed by atoms with E-state index in [1.807, 2.05) is 12.1 Å². The number of pyridine rings is 1. The van der Waals surface area contributed by atoms with E-state index in [4.69, 9.17) is 0 Å². The number of alkyl halides is 3. The predicted octanol–water partition coefficient (Wildman–Crippen LogP) is 4.00. The number of hydrogen-bond donors (Lipinski definition) is 1. The topological polar surface area (TPSA) is 45.2 Å². The van der Waals surface area contributed by atoms with Crippen LogP contribution >= 0.6 is 0 Å². The van der Waals surface area contributed by atoms with Gasteiger partial charge in [-0.1, -0.05) is 18.2 Å². The number of piperidine rings is 1. The summed E-state index contributed by atoms with van der Waals surface area (Å²) in [5, 5.41) is 2.93.